The molecule has 0 saturated heterocycles. The molecule has 0 bridgehead atoms. The fourth-order valence-electron chi connectivity index (χ4n) is 2.12. The van der Waals surface area contributed by atoms with Crippen LogP contribution in [-0.4, -0.2) is 22.4 Å². The average Bonchev–Trinajstić information content (AvgIpc) is 3.14. The number of carbonyl (C=O) groups is 1. The van der Waals surface area contributed by atoms with E-state index in [1.807, 2.05) is 66.9 Å². The molecule has 1 heterocycles. The smallest absolute Gasteiger partial charge is 0.331 e. The van der Waals surface area contributed by atoms with Crippen molar-refractivity contribution >= 4 is 12.0 Å². The van der Waals surface area contributed by atoms with Crippen LogP contribution in [0.25, 0.3) is 11.8 Å². The Balaban J connectivity index is 1.51. The summed E-state index contributed by atoms with van der Waals surface area (Å²) >= 11 is 0. The van der Waals surface area contributed by atoms with Crippen LogP contribution in [0.3, 0.4) is 0 Å². The van der Waals surface area contributed by atoms with Crippen LogP contribution in [0.4, 0.5) is 0 Å². The lowest BCUT2D eigenvalue weighted by Crippen LogP contribution is -2.00. The maximum absolute atomic E-state index is 11.7. The summed E-state index contributed by atoms with van der Waals surface area (Å²) in [4.78, 5) is 11.7. The van der Waals surface area contributed by atoms with Gasteiger partial charge in [-0.15, -0.1) is 0 Å². The molecule has 25 heavy (non-hydrogen) atoms. The van der Waals surface area contributed by atoms with Crippen LogP contribution in [0.15, 0.2) is 79.1 Å². The number of benzene rings is 2. The second-order valence-electron chi connectivity index (χ2n) is 5.16. The van der Waals surface area contributed by atoms with Crippen molar-refractivity contribution in [2.24, 2.45) is 0 Å². The highest BCUT2D eigenvalue weighted by Gasteiger charge is 1.99. The molecule has 0 saturated carbocycles. The van der Waals surface area contributed by atoms with Gasteiger partial charge in [-0.2, -0.15) is 5.10 Å². The standard InChI is InChI=1S/C21H16N2O2/c24-21(25-15-7-10-18-8-3-1-4-9-18)14-13-19-16-22-23(17-19)20-11-5-2-6-12-20/h1-6,8-9,11-14,16-17H,15H2/b14-13+. The summed E-state index contributed by atoms with van der Waals surface area (Å²) in [5.74, 6) is 5.31. The minimum Gasteiger partial charge on any atom is -0.449 e. The summed E-state index contributed by atoms with van der Waals surface area (Å²) in [6.07, 6.45) is 6.57. The molecule has 3 aromatic rings. The van der Waals surface area contributed by atoms with Gasteiger partial charge in [-0.05, 0) is 30.3 Å². The summed E-state index contributed by atoms with van der Waals surface area (Å²) in [5.41, 5.74) is 2.67. The second-order valence-corrected chi connectivity index (χ2v) is 5.16. The van der Waals surface area contributed by atoms with Gasteiger partial charge in [-0.1, -0.05) is 48.2 Å². The van der Waals surface area contributed by atoms with Crippen molar-refractivity contribution in [1.82, 2.24) is 9.78 Å². The van der Waals surface area contributed by atoms with Crippen LogP contribution < -0.4 is 0 Å². The van der Waals surface area contributed by atoms with E-state index in [0.717, 1.165) is 16.8 Å². The summed E-state index contributed by atoms with van der Waals surface area (Å²) < 4.78 is 6.80. The number of hydrogen-bond acceptors (Lipinski definition) is 3. The third-order valence-electron chi connectivity index (χ3n) is 3.33. The van der Waals surface area contributed by atoms with Gasteiger partial charge in [0.1, 0.15) is 0 Å². The second kappa shape index (κ2) is 8.32. The van der Waals surface area contributed by atoms with Gasteiger partial charge in [0.2, 0.25) is 0 Å². The van der Waals surface area contributed by atoms with Gasteiger partial charge in [-0.25, -0.2) is 9.48 Å². The van der Waals surface area contributed by atoms with Gasteiger partial charge in [-0.3, -0.25) is 0 Å². The number of ether oxygens (including phenoxy) is 1. The Morgan fingerprint density at radius 1 is 1.08 bits per heavy atom. The zero-order valence-corrected chi connectivity index (χ0v) is 13.5. The highest BCUT2D eigenvalue weighted by molar-refractivity contribution is 5.87. The van der Waals surface area contributed by atoms with Crippen LogP contribution in [0.2, 0.25) is 0 Å². The Bertz CT molecular complexity index is 917. The third-order valence-corrected chi connectivity index (χ3v) is 3.33. The minimum atomic E-state index is -0.435. The Hall–Kier alpha value is -3.58. The average molecular weight is 328 g/mol. The molecule has 0 amide bonds. The summed E-state index contributed by atoms with van der Waals surface area (Å²) in [5, 5.41) is 4.26. The first kappa shape index (κ1) is 16.3. The number of aromatic nitrogens is 2. The van der Waals surface area contributed by atoms with E-state index >= 15 is 0 Å². The molecule has 0 aliphatic carbocycles. The molecule has 0 N–H and O–H groups in total. The van der Waals surface area contributed by atoms with Gasteiger partial charge in [0.05, 0.1) is 11.9 Å². The molecular formula is C21H16N2O2. The number of para-hydroxylation sites is 1. The Morgan fingerprint density at radius 2 is 1.80 bits per heavy atom. The molecule has 4 heteroatoms. The van der Waals surface area contributed by atoms with Crippen LogP contribution >= 0.6 is 0 Å². The summed E-state index contributed by atoms with van der Waals surface area (Å²) in [7, 11) is 0. The Morgan fingerprint density at radius 3 is 2.56 bits per heavy atom. The highest BCUT2D eigenvalue weighted by atomic mass is 16.5. The maximum atomic E-state index is 11.7. The summed E-state index contributed by atoms with van der Waals surface area (Å²) in [6, 6.07) is 19.3. The fraction of sp³-hybridized carbons (Fsp3) is 0.0476. The van der Waals surface area contributed by atoms with Crippen molar-refractivity contribution in [2.45, 2.75) is 0 Å². The molecule has 122 valence electrons. The van der Waals surface area contributed by atoms with Crippen LogP contribution in [0, 0.1) is 11.8 Å². The van der Waals surface area contributed by atoms with Crippen LogP contribution in [0.5, 0.6) is 0 Å². The minimum absolute atomic E-state index is 0.0569. The Labute approximate surface area is 146 Å². The fourth-order valence-corrected chi connectivity index (χ4v) is 2.12. The molecule has 2 aromatic carbocycles. The third kappa shape index (κ3) is 4.95. The quantitative estimate of drug-likeness (QED) is 0.418. The number of rotatable bonds is 4. The van der Waals surface area contributed by atoms with E-state index < -0.39 is 5.97 Å². The lowest BCUT2D eigenvalue weighted by Gasteiger charge is -1.98. The molecule has 0 spiro atoms. The topological polar surface area (TPSA) is 44.1 Å². The van der Waals surface area contributed by atoms with Gasteiger partial charge < -0.3 is 4.74 Å². The number of esters is 1. The molecule has 0 aliphatic rings. The monoisotopic (exact) mass is 328 g/mol. The molecule has 0 atom stereocenters. The highest BCUT2D eigenvalue weighted by Crippen LogP contribution is 2.08. The van der Waals surface area contributed by atoms with Crippen molar-refractivity contribution in [3.05, 3.63) is 90.3 Å². The van der Waals surface area contributed by atoms with E-state index in [9.17, 15) is 4.79 Å². The van der Waals surface area contributed by atoms with Crippen molar-refractivity contribution in [1.29, 1.82) is 0 Å². The summed E-state index contributed by atoms with van der Waals surface area (Å²) in [6.45, 7) is 0.0569. The molecule has 0 radical (unpaired) electrons. The predicted octanol–water partition coefficient (Wildman–Crippen LogP) is 3.48. The molecule has 4 nitrogen and oxygen atoms in total. The lowest BCUT2D eigenvalue weighted by atomic mass is 10.2. The zero-order chi connectivity index (χ0) is 17.3. The van der Waals surface area contributed by atoms with Gasteiger partial charge in [0, 0.05) is 23.4 Å². The van der Waals surface area contributed by atoms with Gasteiger partial charge in [0.25, 0.3) is 0 Å². The Kier molecular flexibility index (Phi) is 5.42. The molecule has 3 rings (SSSR count). The number of nitrogens with zero attached hydrogens (tertiary/aromatic N) is 2. The first-order valence-corrected chi connectivity index (χ1v) is 7.80. The molecular weight excluding hydrogens is 312 g/mol. The van der Waals surface area contributed by atoms with Gasteiger partial charge >= 0.3 is 5.97 Å². The van der Waals surface area contributed by atoms with E-state index in [-0.39, 0.29) is 6.61 Å². The maximum Gasteiger partial charge on any atom is 0.331 e. The normalized spacial score (nSPS) is 10.2. The van der Waals surface area contributed by atoms with E-state index in [2.05, 4.69) is 16.9 Å². The zero-order valence-electron chi connectivity index (χ0n) is 13.5. The van der Waals surface area contributed by atoms with E-state index in [0.29, 0.717) is 0 Å². The van der Waals surface area contributed by atoms with E-state index in [1.54, 1.807) is 17.0 Å². The van der Waals surface area contributed by atoms with E-state index in [4.69, 9.17) is 4.74 Å². The number of hydrogen-bond donors (Lipinski definition) is 0. The molecule has 1 aromatic heterocycles. The van der Waals surface area contributed by atoms with Crippen molar-refractivity contribution in [3.63, 3.8) is 0 Å². The largest absolute Gasteiger partial charge is 0.449 e. The van der Waals surface area contributed by atoms with E-state index in [1.165, 1.54) is 6.08 Å². The van der Waals surface area contributed by atoms with Crippen molar-refractivity contribution in [3.8, 4) is 17.5 Å². The predicted molar refractivity (Wildman–Crippen MR) is 96.9 cm³/mol. The molecule has 0 fully saturated rings. The van der Waals surface area contributed by atoms with Crippen molar-refractivity contribution < 1.29 is 9.53 Å². The first-order valence-electron chi connectivity index (χ1n) is 7.80. The van der Waals surface area contributed by atoms with Crippen LogP contribution in [0.1, 0.15) is 11.1 Å². The molecule has 0 unspecified atom stereocenters. The SMILES string of the molecule is O=C(/C=C/c1cnn(-c2ccccc2)c1)OCC#Cc1ccccc1. The number of carbonyl (C=O) groups excluding carboxylic acids is 1. The van der Waals surface area contributed by atoms with Crippen LogP contribution in [-0.2, 0) is 9.53 Å². The van der Waals surface area contributed by atoms with Crippen molar-refractivity contribution in [2.75, 3.05) is 6.61 Å². The molecule has 0 aliphatic heterocycles. The lowest BCUT2D eigenvalue weighted by molar-refractivity contribution is -0.136. The van der Waals surface area contributed by atoms with Gasteiger partial charge in [0.15, 0.2) is 6.61 Å². The first-order chi connectivity index (χ1) is 12.3.